The van der Waals surface area contributed by atoms with Crippen LogP contribution in [0.25, 0.3) is 0 Å². The van der Waals surface area contributed by atoms with Crippen LogP contribution >= 0.6 is 12.4 Å². The molecule has 1 unspecified atom stereocenters. The summed E-state index contributed by atoms with van der Waals surface area (Å²) < 4.78 is 0. The molecule has 144 valence electrons. The highest BCUT2D eigenvalue weighted by atomic mass is 35.5. The van der Waals surface area contributed by atoms with Gasteiger partial charge in [-0.1, -0.05) is 26.0 Å². The molecule has 1 aliphatic heterocycles. The SMILES string of the molecule is CC(C)c1ccc(N2CCC(C(=O)NC3CCC(N)CC3)C2=O)cc1.Cl. The van der Waals surface area contributed by atoms with Gasteiger partial charge in [-0.25, -0.2) is 0 Å². The van der Waals surface area contributed by atoms with Crippen molar-refractivity contribution in [1.29, 1.82) is 0 Å². The van der Waals surface area contributed by atoms with Crippen LogP contribution in [0.2, 0.25) is 0 Å². The third kappa shape index (κ3) is 4.57. The minimum Gasteiger partial charge on any atom is -0.353 e. The van der Waals surface area contributed by atoms with Crippen LogP contribution in [-0.4, -0.2) is 30.4 Å². The van der Waals surface area contributed by atoms with Crippen molar-refractivity contribution in [1.82, 2.24) is 5.32 Å². The van der Waals surface area contributed by atoms with Crippen LogP contribution in [0.1, 0.15) is 57.4 Å². The van der Waals surface area contributed by atoms with Gasteiger partial charge in [0.25, 0.3) is 0 Å². The first kappa shape index (κ1) is 20.7. The number of hydrogen-bond acceptors (Lipinski definition) is 3. The lowest BCUT2D eigenvalue weighted by Crippen LogP contribution is -2.44. The molecule has 1 aromatic rings. The fourth-order valence-electron chi connectivity index (χ4n) is 3.78. The molecule has 2 aliphatic rings. The number of anilines is 1. The van der Waals surface area contributed by atoms with Crippen molar-refractivity contribution in [3.63, 3.8) is 0 Å². The van der Waals surface area contributed by atoms with Gasteiger partial charge in [0.1, 0.15) is 5.92 Å². The zero-order valence-electron chi connectivity index (χ0n) is 15.6. The van der Waals surface area contributed by atoms with Gasteiger partial charge in [0.2, 0.25) is 11.8 Å². The molecule has 1 atom stereocenters. The van der Waals surface area contributed by atoms with Crippen molar-refractivity contribution >= 4 is 29.9 Å². The van der Waals surface area contributed by atoms with Gasteiger partial charge in [0.15, 0.2) is 0 Å². The molecule has 0 radical (unpaired) electrons. The average molecular weight is 380 g/mol. The van der Waals surface area contributed by atoms with Gasteiger partial charge in [-0.2, -0.15) is 0 Å². The normalized spacial score (nSPS) is 25.9. The van der Waals surface area contributed by atoms with E-state index < -0.39 is 5.92 Å². The maximum atomic E-state index is 12.7. The summed E-state index contributed by atoms with van der Waals surface area (Å²) in [4.78, 5) is 27.0. The quantitative estimate of drug-likeness (QED) is 0.789. The van der Waals surface area contributed by atoms with Gasteiger partial charge in [-0.05, 0) is 55.7 Å². The number of nitrogens with zero attached hydrogens (tertiary/aromatic N) is 1. The highest BCUT2D eigenvalue weighted by Gasteiger charge is 2.38. The number of nitrogens with two attached hydrogens (primary N) is 1. The fourth-order valence-corrected chi connectivity index (χ4v) is 3.78. The molecule has 1 aromatic carbocycles. The molecular weight excluding hydrogens is 350 g/mol. The Kier molecular flexibility index (Phi) is 7.07. The second kappa shape index (κ2) is 8.87. The maximum absolute atomic E-state index is 12.7. The summed E-state index contributed by atoms with van der Waals surface area (Å²) in [6.07, 6.45) is 4.29. The highest BCUT2D eigenvalue weighted by Crippen LogP contribution is 2.27. The largest absolute Gasteiger partial charge is 0.353 e. The van der Waals surface area contributed by atoms with Gasteiger partial charge in [-0.15, -0.1) is 12.4 Å². The van der Waals surface area contributed by atoms with E-state index in [1.165, 1.54) is 5.56 Å². The summed E-state index contributed by atoms with van der Waals surface area (Å²) in [5, 5.41) is 3.07. The molecule has 2 amide bonds. The molecule has 3 N–H and O–H groups in total. The molecule has 1 saturated carbocycles. The average Bonchev–Trinajstić information content (AvgIpc) is 2.98. The van der Waals surface area contributed by atoms with Crippen LogP contribution in [0, 0.1) is 5.92 Å². The minimum absolute atomic E-state index is 0. The summed E-state index contributed by atoms with van der Waals surface area (Å²) >= 11 is 0. The summed E-state index contributed by atoms with van der Waals surface area (Å²) in [6.45, 7) is 4.90. The lowest BCUT2D eigenvalue weighted by atomic mass is 9.91. The van der Waals surface area contributed by atoms with Crippen molar-refractivity contribution in [2.75, 3.05) is 11.4 Å². The van der Waals surface area contributed by atoms with Gasteiger partial charge in [0, 0.05) is 24.3 Å². The van der Waals surface area contributed by atoms with E-state index in [0.29, 0.717) is 18.9 Å². The summed E-state index contributed by atoms with van der Waals surface area (Å²) in [5.41, 5.74) is 8.04. The van der Waals surface area contributed by atoms with E-state index in [2.05, 4.69) is 31.3 Å². The number of carbonyl (C=O) groups is 2. The first-order chi connectivity index (χ1) is 12.0. The monoisotopic (exact) mass is 379 g/mol. The molecule has 6 heteroatoms. The van der Waals surface area contributed by atoms with E-state index in [1.807, 2.05) is 12.1 Å². The van der Waals surface area contributed by atoms with Gasteiger partial charge < -0.3 is 16.0 Å². The van der Waals surface area contributed by atoms with Gasteiger partial charge >= 0.3 is 0 Å². The third-order valence-corrected chi connectivity index (χ3v) is 5.51. The number of hydrogen-bond donors (Lipinski definition) is 2. The molecule has 1 saturated heterocycles. The van der Waals surface area contributed by atoms with Crippen molar-refractivity contribution < 1.29 is 9.59 Å². The molecule has 1 aliphatic carbocycles. The van der Waals surface area contributed by atoms with Crippen LogP contribution < -0.4 is 16.0 Å². The lowest BCUT2D eigenvalue weighted by molar-refractivity contribution is -0.132. The van der Waals surface area contributed by atoms with Gasteiger partial charge in [-0.3, -0.25) is 9.59 Å². The number of rotatable bonds is 4. The second-order valence-electron chi connectivity index (χ2n) is 7.70. The van der Waals surface area contributed by atoms with E-state index in [0.717, 1.165) is 31.4 Å². The van der Waals surface area contributed by atoms with Crippen molar-refractivity contribution in [3.8, 4) is 0 Å². The van der Waals surface area contributed by atoms with E-state index in [4.69, 9.17) is 5.73 Å². The lowest BCUT2D eigenvalue weighted by Gasteiger charge is -2.27. The minimum atomic E-state index is -0.555. The predicted molar refractivity (Wildman–Crippen MR) is 107 cm³/mol. The summed E-state index contributed by atoms with van der Waals surface area (Å²) in [6, 6.07) is 8.51. The third-order valence-electron chi connectivity index (χ3n) is 5.51. The number of benzene rings is 1. The topological polar surface area (TPSA) is 75.4 Å². The first-order valence-electron chi connectivity index (χ1n) is 9.43. The fraction of sp³-hybridized carbons (Fsp3) is 0.600. The van der Waals surface area contributed by atoms with E-state index in [1.54, 1.807) is 4.90 Å². The molecule has 26 heavy (non-hydrogen) atoms. The number of carbonyl (C=O) groups excluding carboxylic acids is 2. The Morgan fingerprint density at radius 3 is 2.31 bits per heavy atom. The molecule has 0 aromatic heterocycles. The van der Waals surface area contributed by atoms with Crippen LogP contribution in [0.5, 0.6) is 0 Å². The molecule has 1 heterocycles. The molecular formula is C20H30ClN3O2. The van der Waals surface area contributed by atoms with Crippen molar-refractivity contribution in [2.24, 2.45) is 11.7 Å². The number of amides is 2. The summed E-state index contributed by atoms with van der Waals surface area (Å²) in [5.74, 6) is -0.292. The number of halogens is 1. The molecule has 2 fully saturated rings. The number of nitrogens with one attached hydrogen (secondary N) is 1. The zero-order chi connectivity index (χ0) is 18.0. The Morgan fingerprint density at radius 2 is 1.73 bits per heavy atom. The van der Waals surface area contributed by atoms with Crippen LogP contribution in [0.3, 0.4) is 0 Å². The highest BCUT2D eigenvalue weighted by molar-refractivity contribution is 6.09. The Bertz CT molecular complexity index is 624. The molecule has 5 nitrogen and oxygen atoms in total. The van der Waals surface area contributed by atoms with Crippen LogP contribution in [-0.2, 0) is 9.59 Å². The van der Waals surface area contributed by atoms with Crippen molar-refractivity contribution in [2.45, 2.75) is 64.0 Å². The van der Waals surface area contributed by atoms with Crippen LogP contribution in [0.15, 0.2) is 24.3 Å². The zero-order valence-corrected chi connectivity index (χ0v) is 16.4. The molecule has 0 spiro atoms. The maximum Gasteiger partial charge on any atom is 0.239 e. The Hall–Kier alpha value is -1.59. The molecule has 0 bridgehead atoms. The standard InChI is InChI=1S/C20H29N3O2.ClH/c1-13(2)14-3-9-17(10-4-14)23-12-11-18(20(23)25)19(24)22-16-7-5-15(21)6-8-16;/h3-4,9-10,13,15-16,18H,5-8,11-12,21H2,1-2H3,(H,22,24);1H. The first-order valence-corrected chi connectivity index (χ1v) is 9.43. The Balaban J connectivity index is 0.00000243. The van der Waals surface area contributed by atoms with Crippen LogP contribution in [0.4, 0.5) is 5.69 Å². The van der Waals surface area contributed by atoms with E-state index in [-0.39, 0.29) is 36.3 Å². The Labute approximate surface area is 162 Å². The van der Waals surface area contributed by atoms with Crippen molar-refractivity contribution in [3.05, 3.63) is 29.8 Å². The van der Waals surface area contributed by atoms with E-state index in [9.17, 15) is 9.59 Å². The van der Waals surface area contributed by atoms with E-state index >= 15 is 0 Å². The summed E-state index contributed by atoms with van der Waals surface area (Å²) in [7, 11) is 0. The Morgan fingerprint density at radius 1 is 1.12 bits per heavy atom. The second-order valence-corrected chi connectivity index (χ2v) is 7.70. The predicted octanol–water partition coefficient (Wildman–Crippen LogP) is 2.97. The van der Waals surface area contributed by atoms with Gasteiger partial charge in [0.05, 0.1) is 0 Å². The smallest absolute Gasteiger partial charge is 0.239 e. The molecule has 3 rings (SSSR count).